The topological polar surface area (TPSA) is 77.2 Å². The van der Waals surface area contributed by atoms with E-state index in [-0.39, 0.29) is 17.6 Å². The fourth-order valence-electron chi connectivity index (χ4n) is 5.50. The quantitative estimate of drug-likeness (QED) is 0.420. The number of ether oxygens (including phenoxy) is 1. The number of alkyl halides is 3. The van der Waals surface area contributed by atoms with Crippen LogP contribution in [0.3, 0.4) is 0 Å². The van der Waals surface area contributed by atoms with Gasteiger partial charge in [0.15, 0.2) is 5.57 Å². The molecule has 0 spiro atoms. The van der Waals surface area contributed by atoms with Gasteiger partial charge in [0.25, 0.3) is 5.91 Å². The molecule has 8 heteroatoms. The number of allylic oxidation sites excluding steroid dienone is 6. The van der Waals surface area contributed by atoms with Crippen molar-refractivity contribution in [2.75, 3.05) is 5.73 Å². The van der Waals surface area contributed by atoms with Crippen LogP contribution in [0.5, 0.6) is 0 Å². The third-order valence-electron chi connectivity index (χ3n) is 7.32. The van der Waals surface area contributed by atoms with Gasteiger partial charge < -0.3 is 15.8 Å². The van der Waals surface area contributed by atoms with Gasteiger partial charge in [0.05, 0.1) is 6.08 Å². The number of nitrogens with one attached hydrogen (secondary N) is 1. The van der Waals surface area contributed by atoms with Crippen molar-refractivity contribution >= 4 is 17.3 Å². The van der Waals surface area contributed by atoms with Gasteiger partial charge in [-0.3, -0.25) is 4.79 Å². The number of halogens is 3. The van der Waals surface area contributed by atoms with Crippen molar-refractivity contribution in [1.29, 1.82) is 0 Å². The van der Waals surface area contributed by atoms with E-state index in [0.29, 0.717) is 23.5 Å². The van der Waals surface area contributed by atoms with Gasteiger partial charge in [0.2, 0.25) is 0 Å². The maximum Gasteiger partial charge on any atom is 0.441 e. The number of fused-ring (bicyclic) bond motifs is 8. The molecule has 2 atom stereocenters. The molecule has 0 fully saturated rings. The van der Waals surface area contributed by atoms with Crippen molar-refractivity contribution < 1.29 is 22.7 Å². The molecule has 0 saturated heterocycles. The molecule has 5 nitrogen and oxygen atoms in total. The lowest BCUT2D eigenvalue weighted by molar-refractivity contribution is -0.0876. The summed E-state index contributed by atoms with van der Waals surface area (Å²) >= 11 is 0. The van der Waals surface area contributed by atoms with Gasteiger partial charge in [-0.15, -0.1) is 0 Å². The van der Waals surface area contributed by atoms with Crippen LogP contribution in [-0.2, 0) is 11.3 Å². The van der Waals surface area contributed by atoms with Crippen LogP contribution in [0.25, 0.3) is 5.57 Å². The van der Waals surface area contributed by atoms with E-state index >= 15 is 0 Å². The highest BCUT2D eigenvalue weighted by atomic mass is 19.4. The predicted molar refractivity (Wildman–Crippen MR) is 137 cm³/mol. The van der Waals surface area contributed by atoms with Crippen LogP contribution in [-0.4, -0.2) is 17.1 Å². The van der Waals surface area contributed by atoms with Gasteiger partial charge in [-0.25, -0.2) is 4.98 Å². The van der Waals surface area contributed by atoms with E-state index < -0.39 is 17.9 Å². The second kappa shape index (κ2) is 8.65. The zero-order valence-electron chi connectivity index (χ0n) is 20.6. The molecule has 3 aromatic rings. The van der Waals surface area contributed by atoms with Crippen molar-refractivity contribution in [2.24, 2.45) is 0 Å². The molecule has 3 aliphatic rings. The molecule has 3 N–H and O–H groups in total. The summed E-state index contributed by atoms with van der Waals surface area (Å²) in [6, 6.07) is 12.5. The molecule has 2 aromatic carbocycles. The second-order valence-corrected chi connectivity index (χ2v) is 9.66. The first-order valence-corrected chi connectivity index (χ1v) is 12.1. The van der Waals surface area contributed by atoms with E-state index in [4.69, 9.17) is 10.5 Å². The average molecular weight is 515 g/mol. The Balaban J connectivity index is 1.28. The summed E-state index contributed by atoms with van der Waals surface area (Å²) in [4.78, 5) is 17.3. The summed E-state index contributed by atoms with van der Waals surface area (Å²) in [7, 11) is 0. The van der Waals surface area contributed by atoms with E-state index in [0.717, 1.165) is 45.2 Å². The van der Waals surface area contributed by atoms with Gasteiger partial charge in [0.1, 0.15) is 35.8 Å². The van der Waals surface area contributed by atoms with E-state index in [1.807, 2.05) is 32.0 Å². The lowest BCUT2D eigenvalue weighted by Crippen LogP contribution is -2.24. The largest absolute Gasteiger partial charge is 0.441 e. The average Bonchev–Trinajstić information content (AvgIpc) is 3.44. The number of pyridine rings is 1. The Morgan fingerprint density at radius 2 is 1.76 bits per heavy atom. The molecular weight excluding hydrogens is 491 g/mol. The third kappa shape index (κ3) is 3.90. The summed E-state index contributed by atoms with van der Waals surface area (Å²) < 4.78 is 47.1. The standard InChI is InChI=1S/C30H22F3N3O2/c1-15-11-26(34)36-16(2)24(15)14-35-29(37)18-8-10-21-23(13-18)28-22-12-17(7-9-20(22)27(21)38-28)19-5-3-4-6-25(19)30(31,32)33/h4-13,27-28H,14H2,1-2H3,(H2-,34,35,36,37)/p+1. The highest BCUT2D eigenvalue weighted by molar-refractivity contribution is 5.94. The summed E-state index contributed by atoms with van der Waals surface area (Å²) in [5.41, 5.74) is 12.3. The number of aromatic nitrogens is 1. The van der Waals surface area contributed by atoms with Crippen molar-refractivity contribution in [3.05, 3.63) is 123 Å². The zero-order chi connectivity index (χ0) is 26.8. The van der Waals surface area contributed by atoms with Crippen molar-refractivity contribution in [3.8, 4) is 0 Å². The Bertz CT molecular complexity index is 1580. The van der Waals surface area contributed by atoms with Crippen LogP contribution in [0.15, 0.2) is 66.3 Å². The smallest absolute Gasteiger partial charge is 0.384 e. The lowest BCUT2D eigenvalue weighted by Gasteiger charge is -2.18. The number of hydrogen-bond acceptors (Lipinski definition) is 4. The van der Waals surface area contributed by atoms with Crippen LogP contribution in [0.4, 0.5) is 19.0 Å². The lowest BCUT2D eigenvalue weighted by atomic mass is 9.83. The Hall–Kier alpha value is -4.26. The molecule has 2 bridgehead atoms. The van der Waals surface area contributed by atoms with Gasteiger partial charge in [-0.05, 0) is 77.6 Å². The Morgan fingerprint density at radius 3 is 2.50 bits per heavy atom. The molecule has 38 heavy (non-hydrogen) atoms. The highest BCUT2D eigenvalue weighted by Crippen LogP contribution is 2.55. The molecule has 3 heterocycles. The number of benzene rings is 2. The number of nitrogens with zero attached hydrogens (tertiary/aromatic N) is 1. The fourth-order valence-corrected chi connectivity index (χ4v) is 5.50. The fraction of sp³-hybridized carbons (Fsp3) is 0.200. The first-order valence-electron chi connectivity index (χ1n) is 12.1. The minimum absolute atomic E-state index is 0.0710. The Labute approximate surface area is 217 Å². The number of aryl methyl sites for hydroxylation is 2. The second-order valence-electron chi connectivity index (χ2n) is 9.66. The van der Waals surface area contributed by atoms with E-state index in [1.54, 1.807) is 24.3 Å². The van der Waals surface area contributed by atoms with Crippen molar-refractivity contribution in [1.82, 2.24) is 10.3 Å². The minimum atomic E-state index is -4.48. The minimum Gasteiger partial charge on any atom is -0.384 e. The normalized spacial score (nSPS) is 18.9. The number of nitrogens with two attached hydrogens (primary N) is 1. The van der Waals surface area contributed by atoms with Crippen LogP contribution in [0.1, 0.15) is 67.2 Å². The van der Waals surface area contributed by atoms with E-state index in [1.165, 1.54) is 12.2 Å². The first kappa shape index (κ1) is 24.1. The molecule has 1 amide bonds. The third-order valence-corrected chi connectivity index (χ3v) is 7.32. The van der Waals surface area contributed by atoms with Gasteiger partial charge in [0, 0.05) is 29.4 Å². The highest BCUT2D eigenvalue weighted by Gasteiger charge is 2.44. The summed E-state index contributed by atoms with van der Waals surface area (Å²) in [5.74, 6) is 0.196. The number of rotatable bonds is 4. The number of hydrogen-bond donors (Lipinski definition) is 2. The predicted octanol–water partition coefficient (Wildman–Crippen LogP) is 5.98. The number of amides is 1. The number of carbonyl (C=O) groups excluding carboxylic acids is 1. The number of carbonyl (C=O) groups is 1. The Morgan fingerprint density at radius 1 is 1.05 bits per heavy atom. The van der Waals surface area contributed by atoms with E-state index in [9.17, 15) is 18.0 Å². The Kier molecular flexibility index (Phi) is 5.49. The van der Waals surface area contributed by atoms with Crippen LogP contribution in [0.2, 0.25) is 0 Å². The summed E-state index contributed by atoms with van der Waals surface area (Å²) in [6.45, 7) is 4.09. The molecule has 0 radical (unpaired) electrons. The molecule has 1 aliphatic carbocycles. The zero-order valence-corrected chi connectivity index (χ0v) is 20.6. The maximum atomic E-state index is 13.6. The number of anilines is 1. The first-order chi connectivity index (χ1) is 18.1. The van der Waals surface area contributed by atoms with Crippen molar-refractivity contribution in [2.45, 2.75) is 38.8 Å². The van der Waals surface area contributed by atoms with Crippen molar-refractivity contribution in [3.63, 3.8) is 0 Å². The summed E-state index contributed by atoms with van der Waals surface area (Å²) in [6.07, 6.45) is 1.17. The number of nitrogen functional groups attached to an aromatic ring is 1. The van der Waals surface area contributed by atoms with Crippen LogP contribution >= 0.6 is 0 Å². The molecule has 0 saturated carbocycles. The maximum absolute atomic E-state index is 13.6. The van der Waals surface area contributed by atoms with Crippen LogP contribution in [0, 0.1) is 19.9 Å². The molecule has 6 rings (SSSR count). The van der Waals surface area contributed by atoms with Gasteiger partial charge in [-0.2, -0.15) is 13.2 Å². The molecule has 1 aromatic heterocycles. The SMILES string of the molecule is Cc1cc(N)nc(C)c1CNC(=O)c1ccc2c(c1)C1OC2c2ccc(C3=C(C(F)(F)F)C=C[C+]=C3)cc21. The summed E-state index contributed by atoms with van der Waals surface area (Å²) in [5, 5.41) is 2.95. The van der Waals surface area contributed by atoms with Gasteiger partial charge >= 0.3 is 6.18 Å². The van der Waals surface area contributed by atoms with Gasteiger partial charge in [-0.1, -0.05) is 12.1 Å². The van der Waals surface area contributed by atoms with E-state index in [2.05, 4.69) is 16.4 Å². The monoisotopic (exact) mass is 514 g/mol. The van der Waals surface area contributed by atoms with Crippen LogP contribution < -0.4 is 11.1 Å². The molecule has 2 aliphatic heterocycles. The molecule has 2 unspecified atom stereocenters. The molecule has 190 valence electrons. The molecular formula is C30H23F3N3O2+.